The molecule has 0 saturated carbocycles. The summed E-state index contributed by atoms with van der Waals surface area (Å²) in [6, 6.07) is 1.86. The number of hydrogen-bond donors (Lipinski definition) is 1. The maximum absolute atomic E-state index is 12.4. The van der Waals surface area contributed by atoms with Gasteiger partial charge in [0.05, 0.1) is 5.56 Å². The van der Waals surface area contributed by atoms with E-state index >= 15 is 0 Å². The van der Waals surface area contributed by atoms with Crippen LogP contribution in [0.25, 0.3) is 0 Å². The molecule has 20 heavy (non-hydrogen) atoms. The minimum atomic E-state index is -0.127. The minimum absolute atomic E-state index is 0.127. The SMILES string of the molecule is CC(C)c1ccnc(Cl)c1C(=O)NCC1CCOCC1. The van der Waals surface area contributed by atoms with Gasteiger partial charge in [0.1, 0.15) is 5.15 Å². The van der Waals surface area contributed by atoms with Crippen molar-refractivity contribution >= 4 is 17.5 Å². The van der Waals surface area contributed by atoms with Crippen LogP contribution in [0.4, 0.5) is 0 Å². The van der Waals surface area contributed by atoms with Gasteiger partial charge < -0.3 is 10.1 Å². The van der Waals surface area contributed by atoms with Gasteiger partial charge in [0.2, 0.25) is 0 Å². The fraction of sp³-hybridized carbons (Fsp3) is 0.600. The molecule has 4 nitrogen and oxygen atoms in total. The minimum Gasteiger partial charge on any atom is -0.381 e. The predicted molar refractivity (Wildman–Crippen MR) is 79.2 cm³/mol. The number of amides is 1. The maximum Gasteiger partial charge on any atom is 0.254 e. The highest BCUT2D eigenvalue weighted by Crippen LogP contribution is 2.24. The first-order chi connectivity index (χ1) is 9.59. The van der Waals surface area contributed by atoms with E-state index in [1.165, 1.54) is 0 Å². The van der Waals surface area contributed by atoms with Crippen molar-refractivity contribution in [3.8, 4) is 0 Å². The van der Waals surface area contributed by atoms with Crippen molar-refractivity contribution in [2.24, 2.45) is 5.92 Å². The van der Waals surface area contributed by atoms with Crippen LogP contribution in [0.5, 0.6) is 0 Å². The molecule has 1 fully saturated rings. The van der Waals surface area contributed by atoms with Crippen molar-refractivity contribution in [3.05, 3.63) is 28.5 Å². The molecule has 0 unspecified atom stereocenters. The fourth-order valence-corrected chi connectivity index (χ4v) is 2.68. The lowest BCUT2D eigenvalue weighted by Gasteiger charge is -2.22. The number of halogens is 1. The highest BCUT2D eigenvalue weighted by molar-refractivity contribution is 6.32. The van der Waals surface area contributed by atoms with Crippen LogP contribution in [0, 0.1) is 5.92 Å². The van der Waals surface area contributed by atoms with Crippen molar-refractivity contribution in [2.75, 3.05) is 19.8 Å². The number of hydrogen-bond acceptors (Lipinski definition) is 3. The summed E-state index contributed by atoms with van der Waals surface area (Å²) in [6.07, 6.45) is 3.64. The molecule has 1 amide bonds. The molecular weight excluding hydrogens is 276 g/mol. The number of pyridine rings is 1. The zero-order valence-electron chi connectivity index (χ0n) is 12.0. The molecule has 2 heterocycles. The fourth-order valence-electron chi connectivity index (χ4n) is 2.43. The van der Waals surface area contributed by atoms with Crippen LogP contribution in [0.2, 0.25) is 5.15 Å². The van der Waals surface area contributed by atoms with Crippen molar-refractivity contribution in [2.45, 2.75) is 32.6 Å². The molecule has 0 aliphatic carbocycles. The molecule has 1 N–H and O–H groups in total. The zero-order chi connectivity index (χ0) is 14.5. The smallest absolute Gasteiger partial charge is 0.254 e. The van der Waals surface area contributed by atoms with E-state index in [0.29, 0.717) is 18.0 Å². The third kappa shape index (κ3) is 3.70. The van der Waals surface area contributed by atoms with E-state index in [9.17, 15) is 4.79 Å². The van der Waals surface area contributed by atoms with Crippen molar-refractivity contribution in [1.29, 1.82) is 0 Å². The second kappa shape index (κ2) is 7.04. The number of nitrogens with one attached hydrogen (secondary N) is 1. The number of carbonyl (C=O) groups is 1. The summed E-state index contributed by atoms with van der Waals surface area (Å²) >= 11 is 6.10. The standard InChI is InChI=1S/C15H21ClN2O2/c1-10(2)12-3-6-17-14(16)13(12)15(19)18-9-11-4-7-20-8-5-11/h3,6,10-11H,4-5,7-9H2,1-2H3,(H,18,19). The summed E-state index contributed by atoms with van der Waals surface area (Å²) in [5.74, 6) is 0.600. The van der Waals surface area contributed by atoms with Gasteiger partial charge in [-0.05, 0) is 36.3 Å². The zero-order valence-corrected chi connectivity index (χ0v) is 12.7. The van der Waals surface area contributed by atoms with Crippen LogP contribution >= 0.6 is 11.6 Å². The molecule has 2 rings (SSSR count). The van der Waals surface area contributed by atoms with Crippen LogP contribution in [0.1, 0.15) is 48.5 Å². The summed E-state index contributed by atoms with van der Waals surface area (Å²) < 4.78 is 5.32. The molecule has 1 saturated heterocycles. The Balaban J connectivity index is 2.04. The average molecular weight is 297 g/mol. The van der Waals surface area contributed by atoms with Gasteiger partial charge in [-0.3, -0.25) is 4.79 Å². The van der Waals surface area contributed by atoms with Crippen LogP contribution in [-0.4, -0.2) is 30.6 Å². The Morgan fingerprint density at radius 1 is 1.50 bits per heavy atom. The summed E-state index contributed by atoms with van der Waals surface area (Å²) in [5.41, 5.74) is 1.45. The van der Waals surface area contributed by atoms with E-state index < -0.39 is 0 Å². The lowest BCUT2D eigenvalue weighted by atomic mass is 9.97. The lowest BCUT2D eigenvalue weighted by molar-refractivity contribution is 0.0642. The average Bonchev–Trinajstić information content (AvgIpc) is 2.45. The van der Waals surface area contributed by atoms with Gasteiger partial charge in [-0.1, -0.05) is 25.4 Å². The van der Waals surface area contributed by atoms with Gasteiger partial charge in [-0.25, -0.2) is 4.98 Å². The molecule has 110 valence electrons. The molecular formula is C15H21ClN2O2. The van der Waals surface area contributed by atoms with E-state index in [1.807, 2.05) is 19.9 Å². The van der Waals surface area contributed by atoms with E-state index in [2.05, 4.69) is 10.3 Å². The van der Waals surface area contributed by atoms with Crippen LogP contribution in [0.15, 0.2) is 12.3 Å². The van der Waals surface area contributed by atoms with Gasteiger partial charge in [0, 0.05) is 26.0 Å². The van der Waals surface area contributed by atoms with E-state index in [4.69, 9.17) is 16.3 Å². The quantitative estimate of drug-likeness (QED) is 0.869. The first-order valence-corrected chi connectivity index (χ1v) is 7.47. The van der Waals surface area contributed by atoms with Gasteiger partial charge >= 0.3 is 0 Å². The number of aromatic nitrogens is 1. The van der Waals surface area contributed by atoms with Crippen LogP contribution < -0.4 is 5.32 Å². The number of nitrogens with zero attached hydrogens (tertiary/aromatic N) is 1. The van der Waals surface area contributed by atoms with Crippen molar-refractivity contribution in [3.63, 3.8) is 0 Å². The number of rotatable bonds is 4. The van der Waals surface area contributed by atoms with Crippen molar-refractivity contribution in [1.82, 2.24) is 10.3 Å². The molecule has 0 spiro atoms. The largest absolute Gasteiger partial charge is 0.381 e. The molecule has 1 aromatic rings. The highest BCUT2D eigenvalue weighted by Gasteiger charge is 2.20. The van der Waals surface area contributed by atoms with Crippen LogP contribution in [-0.2, 0) is 4.74 Å². The van der Waals surface area contributed by atoms with E-state index in [0.717, 1.165) is 31.6 Å². The summed E-state index contributed by atoms with van der Waals surface area (Å²) in [5, 5.41) is 3.26. The van der Waals surface area contributed by atoms with Gasteiger partial charge in [0.15, 0.2) is 0 Å². The van der Waals surface area contributed by atoms with Gasteiger partial charge in [-0.2, -0.15) is 0 Å². The first-order valence-electron chi connectivity index (χ1n) is 7.10. The van der Waals surface area contributed by atoms with Crippen molar-refractivity contribution < 1.29 is 9.53 Å². The molecule has 0 aromatic carbocycles. The molecule has 0 radical (unpaired) electrons. The van der Waals surface area contributed by atoms with Crippen LogP contribution in [0.3, 0.4) is 0 Å². The molecule has 1 aromatic heterocycles. The Kier molecular flexibility index (Phi) is 5.38. The molecule has 1 aliphatic heterocycles. The third-order valence-electron chi connectivity index (χ3n) is 3.68. The van der Waals surface area contributed by atoms with Gasteiger partial charge in [-0.15, -0.1) is 0 Å². The molecule has 0 bridgehead atoms. The number of ether oxygens (including phenoxy) is 1. The summed E-state index contributed by atoms with van der Waals surface area (Å²) in [4.78, 5) is 16.4. The predicted octanol–water partition coefficient (Wildman–Crippen LogP) is 3.01. The Bertz CT molecular complexity index is 471. The monoisotopic (exact) mass is 296 g/mol. The molecule has 1 aliphatic rings. The van der Waals surface area contributed by atoms with E-state index in [1.54, 1.807) is 6.20 Å². The second-order valence-corrected chi connectivity index (χ2v) is 5.84. The molecule has 5 heteroatoms. The Morgan fingerprint density at radius 2 is 2.20 bits per heavy atom. The second-order valence-electron chi connectivity index (χ2n) is 5.49. The Hall–Kier alpha value is -1.13. The third-order valence-corrected chi connectivity index (χ3v) is 3.96. The highest BCUT2D eigenvalue weighted by atomic mass is 35.5. The number of carbonyl (C=O) groups excluding carboxylic acids is 1. The lowest BCUT2D eigenvalue weighted by Crippen LogP contribution is -2.33. The summed E-state index contributed by atoms with van der Waals surface area (Å²) in [7, 11) is 0. The maximum atomic E-state index is 12.4. The first kappa shape index (κ1) is 15.3. The Labute approximate surface area is 124 Å². The normalized spacial score (nSPS) is 16.4. The Morgan fingerprint density at radius 3 is 2.85 bits per heavy atom. The summed E-state index contributed by atoms with van der Waals surface area (Å²) in [6.45, 7) is 6.32. The van der Waals surface area contributed by atoms with Gasteiger partial charge in [0.25, 0.3) is 5.91 Å². The van der Waals surface area contributed by atoms with E-state index in [-0.39, 0.29) is 17.0 Å². The molecule has 0 atom stereocenters. The topological polar surface area (TPSA) is 51.2 Å².